The summed E-state index contributed by atoms with van der Waals surface area (Å²) in [7, 11) is 0. The summed E-state index contributed by atoms with van der Waals surface area (Å²) >= 11 is 3.31. The maximum absolute atomic E-state index is 11.0. The average molecular weight is 312 g/mol. The van der Waals surface area contributed by atoms with Crippen LogP contribution in [-0.2, 0) is 0 Å². The van der Waals surface area contributed by atoms with E-state index in [1.807, 2.05) is 23.6 Å². The van der Waals surface area contributed by atoms with Crippen molar-refractivity contribution in [2.75, 3.05) is 0 Å². The fourth-order valence-corrected chi connectivity index (χ4v) is 3.58. The van der Waals surface area contributed by atoms with Gasteiger partial charge >= 0.3 is 0 Å². The molecule has 0 aliphatic rings. The molecule has 0 radical (unpaired) electrons. The highest BCUT2D eigenvalue weighted by Crippen LogP contribution is 2.31. The van der Waals surface area contributed by atoms with Gasteiger partial charge in [0, 0.05) is 26.4 Å². The number of para-hydroxylation sites is 1. The normalized spacial score (nSPS) is 11.0. The first kappa shape index (κ1) is 13.7. The molecular weight excluding hydrogens is 302 g/mol. The van der Waals surface area contributed by atoms with Gasteiger partial charge in [-0.2, -0.15) is 0 Å². The van der Waals surface area contributed by atoms with E-state index in [0.717, 1.165) is 4.88 Å². The Morgan fingerprint density at radius 2 is 1.90 bits per heavy atom. The molecule has 0 aliphatic heterocycles. The molecule has 21 heavy (non-hydrogen) atoms. The lowest BCUT2D eigenvalue weighted by atomic mass is 10.2. The Morgan fingerprint density at radius 1 is 1.05 bits per heavy atom. The summed E-state index contributed by atoms with van der Waals surface area (Å²) in [5.74, 6) is -1.21. The first-order chi connectivity index (χ1) is 10.2. The van der Waals surface area contributed by atoms with E-state index in [2.05, 4.69) is 11.1 Å². The van der Waals surface area contributed by atoms with Gasteiger partial charge < -0.3 is 9.90 Å². The number of hydrogen-bond acceptors (Lipinski definition) is 5. The summed E-state index contributed by atoms with van der Waals surface area (Å²) in [6, 6.07) is 14.7. The summed E-state index contributed by atoms with van der Waals surface area (Å²) in [6.07, 6.45) is 1.68. The molecule has 0 aliphatic carbocycles. The zero-order valence-electron chi connectivity index (χ0n) is 10.9. The molecule has 2 aromatic heterocycles. The second-order valence-electron chi connectivity index (χ2n) is 4.24. The number of aliphatic imine (C=N–C) groups is 1. The van der Waals surface area contributed by atoms with Crippen LogP contribution in [-0.4, -0.2) is 12.2 Å². The Bertz CT molecular complexity index is 788. The van der Waals surface area contributed by atoms with E-state index in [-0.39, 0.29) is 5.56 Å². The molecule has 2 heterocycles. The standard InChI is InChI=1S/C16H11NO2S2/c18-16(19)12-4-1-2-5-13(12)17-10-11-7-8-15(21-11)14-6-3-9-20-14/h1-10H,(H,18,19)/p-1. The first-order valence-corrected chi connectivity index (χ1v) is 7.92. The van der Waals surface area contributed by atoms with E-state index in [4.69, 9.17) is 0 Å². The van der Waals surface area contributed by atoms with Crippen molar-refractivity contribution in [2.24, 2.45) is 4.99 Å². The molecule has 0 spiro atoms. The Balaban J connectivity index is 1.86. The van der Waals surface area contributed by atoms with E-state index in [1.54, 1.807) is 47.1 Å². The van der Waals surface area contributed by atoms with Crippen LogP contribution in [0.4, 0.5) is 5.69 Å². The first-order valence-electron chi connectivity index (χ1n) is 6.22. The fourth-order valence-electron chi connectivity index (χ4n) is 1.87. The minimum atomic E-state index is -1.21. The summed E-state index contributed by atoms with van der Waals surface area (Å²) in [5, 5.41) is 13.1. The molecule has 3 rings (SSSR count). The van der Waals surface area contributed by atoms with Gasteiger partial charge in [0.25, 0.3) is 0 Å². The highest BCUT2D eigenvalue weighted by molar-refractivity contribution is 7.22. The quantitative estimate of drug-likeness (QED) is 0.691. The molecule has 0 fully saturated rings. The highest BCUT2D eigenvalue weighted by Gasteiger charge is 2.03. The van der Waals surface area contributed by atoms with Crippen LogP contribution in [0.15, 0.2) is 58.9 Å². The second-order valence-corrected chi connectivity index (χ2v) is 6.31. The minimum absolute atomic E-state index is 0.101. The second kappa shape index (κ2) is 6.03. The molecule has 104 valence electrons. The van der Waals surface area contributed by atoms with Crippen molar-refractivity contribution in [3.63, 3.8) is 0 Å². The Labute approximate surface area is 129 Å². The molecule has 3 aromatic rings. The Morgan fingerprint density at radius 3 is 2.67 bits per heavy atom. The van der Waals surface area contributed by atoms with Crippen molar-refractivity contribution in [3.8, 4) is 9.75 Å². The molecule has 0 saturated heterocycles. The number of rotatable bonds is 4. The van der Waals surface area contributed by atoms with E-state index >= 15 is 0 Å². The molecule has 3 nitrogen and oxygen atoms in total. The van der Waals surface area contributed by atoms with Gasteiger partial charge in [0.2, 0.25) is 0 Å². The molecule has 1 aromatic carbocycles. The van der Waals surface area contributed by atoms with E-state index in [9.17, 15) is 9.90 Å². The van der Waals surface area contributed by atoms with E-state index < -0.39 is 5.97 Å². The number of benzene rings is 1. The van der Waals surface area contributed by atoms with Crippen molar-refractivity contribution in [1.29, 1.82) is 0 Å². The number of carbonyl (C=O) groups excluding carboxylic acids is 1. The largest absolute Gasteiger partial charge is 0.545 e. The van der Waals surface area contributed by atoms with Gasteiger partial charge in [0.1, 0.15) is 0 Å². The van der Waals surface area contributed by atoms with Gasteiger partial charge in [-0.3, -0.25) is 4.99 Å². The monoisotopic (exact) mass is 312 g/mol. The predicted octanol–water partition coefficient (Wildman–Crippen LogP) is 3.59. The van der Waals surface area contributed by atoms with Crippen LogP contribution in [0.5, 0.6) is 0 Å². The molecule has 0 saturated carbocycles. The summed E-state index contributed by atoms with van der Waals surface area (Å²) in [4.78, 5) is 18.6. The van der Waals surface area contributed by atoms with Crippen molar-refractivity contribution < 1.29 is 9.90 Å². The molecule has 0 amide bonds. The van der Waals surface area contributed by atoms with Crippen molar-refractivity contribution in [1.82, 2.24) is 0 Å². The number of carboxylic acids is 1. The lowest BCUT2D eigenvalue weighted by Crippen LogP contribution is -2.22. The van der Waals surface area contributed by atoms with Crippen LogP contribution in [0.3, 0.4) is 0 Å². The number of carbonyl (C=O) groups is 1. The van der Waals surface area contributed by atoms with Crippen molar-refractivity contribution in [3.05, 3.63) is 64.4 Å². The topological polar surface area (TPSA) is 52.5 Å². The fraction of sp³-hybridized carbons (Fsp3) is 0. The third-order valence-corrected chi connectivity index (χ3v) is 4.93. The maximum Gasteiger partial charge on any atom is 0.0737 e. The van der Waals surface area contributed by atoms with Crippen molar-refractivity contribution in [2.45, 2.75) is 0 Å². The van der Waals surface area contributed by atoms with Gasteiger partial charge in [-0.25, -0.2) is 0 Å². The van der Waals surface area contributed by atoms with Crippen molar-refractivity contribution >= 4 is 40.5 Å². The number of carboxylic acid groups (broad SMARTS) is 1. The summed E-state index contributed by atoms with van der Waals surface area (Å²) in [5.41, 5.74) is 0.507. The predicted molar refractivity (Wildman–Crippen MR) is 85.7 cm³/mol. The van der Waals surface area contributed by atoms with Crippen LogP contribution < -0.4 is 5.11 Å². The highest BCUT2D eigenvalue weighted by atomic mass is 32.1. The summed E-state index contributed by atoms with van der Waals surface area (Å²) < 4.78 is 0. The van der Waals surface area contributed by atoms with E-state index in [1.165, 1.54) is 15.8 Å². The molecule has 0 bridgehead atoms. The Hall–Kier alpha value is -2.24. The SMILES string of the molecule is O=C([O-])c1ccccc1N=Cc1ccc(-c2cccs2)s1. The van der Waals surface area contributed by atoms with Crippen LogP contribution in [0.1, 0.15) is 15.2 Å². The molecule has 0 N–H and O–H groups in total. The number of thiophene rings is 2. The van der Waals surface area contributed by atoms with E-state index in [0.29, 0.717) is 5.69 Å². The third kappa shape index (κ3) is 3.09. The number of aromatic carboxylic acids is 1. The number of hydrogen-bond donors (Lipinski definition) is 0. The molecular formula is C16H10NO2S2-. The van der Waals surface area contributed by atoms with Crippen LogP contribution in [0.25, 0.3) is 9.75 Å². The minimum Gasteiger partial charge on any atom is -0.545 e. The van der Waals surface area contributed by atoms with Crippen LogP contribution >= 0.6 is 22.7 Å². The average Bonchev–Trinajstić information content (AvgIpc) is 3.16. The van der Waals surface area contributed by atoms with Gasteiger partial charge in [-0.05, 0) is 29.6 Å². The smallest absolute Gasteiger partial charge is 0.0737 e. The molecule has 0 atom stereocenters. The summed E-state index contributed by atoms with van der Waals surface area (Å²) in [6.45, 7) is 0. The maximum atomic E-state index is 11.0. The van der Waals surface area contributed by atoms with Gasteiger partial charge in [0.15, 0.2) is 0 Å². The van der Waals surface area contributed by atoms with Crippen LogP contribution in [0.2, 0.25) is 0 Å². The molecule has 5 heteroatoms. The van der Waals surface area contributed by atoms with Gasteiger partial charge in [0.05, 0.1) is 11.7 Å². The zero-order valence-corrected chi connectivity index (χ0v) is 12.5. The van der Waals surface area contributed by atoms with Gasteiger partial charge in [-0.1, -0.05) is 24.3 Å². The van der Waals surface area contributed by atoms with Gasteiger partial charge in [-0.15, -0.1) is 22.7 Å². The lowest BCUT2D eigenvalue weighted by molar-refractivity contribution is -0.254. The zero-order chi connectivity index (χ0) is 14.7. The third-order valence-electron chi connectivity index (χ3n) is 2.85. The molecule has 0 unspecified atom stereocenters. The van der Waals surface area contributed by atoms with Crippen LogP contribution in [0, 0.1) is 0 Å². The number of nitrogens with zero attached hydrogens (tertiary/aromatic N) is 1. The Kier molecular flexibility index (Phi) is 3.94. The lowest BCUT2D eigenvalue weighted by Gasteiger charge is -2.04.